The molecule has 8 nitrogen and oxygen atoms in total. The van der Waals surface area contributed by atoms with Gasteiger partial charge in [-0.25, -0.2) is 4.79 Å². The fraction of sp³-hybridized carbons (Fsp3) is 0.222. The van der Waals surface area contributed by atoms with Crippen LogP contribution in [0.2, 0.25) is 0 Å². The number of para-hydroxylation sites is 1. The molecule has 1 aromatic heterocycles. The van der Waals surface area contributed by atoms with Crippen molar-refractivity contribution in [3.8, 4) is 0 Å². The van der Waals surface area contributed by atoms with E-state index in [0.717, 1.165) is 12.0 Å². The highest BCUT2D eigenvalue weighted by Crippen LogP contribution is 2.14. The summed E-state index contributed by atoms with van der Waals surface area (Å²) >= 11 is 0. The third-order valence-electron chi connectivity index (χ3n) is 3.49. The molecule has 26 heavy (non-hydrogen) atoms. The van der Waals surface area contributed by atoms with Crippen molar-refractivity contribution in [3.63, 3.8) is 0 Å². The molecule has 0 radical (unpaired) electrons. The second kappa shape index (κ2) is 9.16. The van der Waals surface area contributed by atoms with Crippen LogP contribution in [0.4, 0.5) is 5.69 Å². The molecule has 0 aliphatic rings. The minimum Gasteiger partial charge on any atom is -0.452 e. The molecule has 1 aromatic carbocycles. The lowest BCUT2D eigenvalue weighted by atomic mass is 10.1. The van der Waals surface area contributed by atoms with Crippen LogP contribution in [-0.2, 0) is 20.7 Å². The van der Waals surface area contributed by atoms with Crippen molar-refractivity contribution < 1.29 is 19.1 Å². The highest BCUT2D eigenvalue weighted by molar-refractivity contribution is 5.96. The van der Waals surface area contributed by atoms with E-state index in [4.69, 9.17) is 4.74 Å². The van der Waals surface area contributed by atoms with E-state index < -0.39 is 29.9 Å². The summed E-state index contributed by atoms with van der Waals surface area (Å²) in [7, 11) is 0. The number of aromatic nitrogens is 1. The molecule has 0 fully saturated rings. The number of pyridine rings is 1. The van der Waals surface area contributed by atoms with Gasteiger partial charge in [0, 0.05) is 11.9 Å². The number of aryl methyl sites for hydroxylation is 1. The normalized spacial score (nSPS) is 10.0. The van der Waals surface area contributed by atoms with E-state index in [9.17, 15) is 19.2 Å². The topological polar surface area (TPSA) is 117 Å². The molecule has 136 valence electrons. The van der Waals surface area contributed by atoms with E-state index in [-0.39, 0.29) is 12.1 Å². The largest absolute Gasteiger partial charge is 0.452 e. The first kappa shape index (κ1) is 18.9. The summed E-state index contributed by atoms with van der Waals surface area (Å²) < 4.78 is 4.76. The van der Waals surface area contributed by atoms with Crippen LogP contribution >= 0.6 is 0 Å². The number of rotatable bonds is 7. The van der Waals surface area contributed by atoms with Crippen molar-refractivity contribution in [2.75, 3.05) is 18.5 Å². The molecule has 2 rings (SSSR count). The number of ether oxygens (including phenoxy) is 1. The van der Waals surface area contributed by atoms with Crippen LogP contribution in [0.15, 0.2) is 47.4 Å². The SMILES string of the molecule is CCc1ccccc1NC(=O)CNC(=O)COC(=O)c1ccc[nH]c1=O. The first-order valence-corrected chi connectivity index (χ1v) is 8.00. The lowest BCUT2D eigenvalue weighted by Gasteiger charge is -2.10. The molecule has 0 unspecified atom stereocenters. The van der Waals surface area contributed by atoms with Crippen LogP contribution in [0.1, 0.15) is 22.8 Å². The van der Waals surface area contributed by atoms with Crippen LogP contribution in [-0.4, -0.2) is 35.9 Å². The molecule has 2 amide bonds. The Bertz CT molecular complexity index is 860. The van der Waals surface area contributed by atoms with Gasteiger partial charge in [0.1, 0.15) is 5.56 Å². The van der Waals surface area contributed by atoms with E-state index in [1.807, 2.05) is 19.1 Å². The number of H-pyrrole nitrogens is 1. The van der Waals surface area contributed by atoms with Crippen LogP contribution in [0.5, 0.6) is 0 Å². The number of aromatic amines is 1. The fourth-order valence-corrected chi connectivity index (χ4v) is 2.17. The number of anilines is 1. The number of nitrogens with one attached hydrogen (secondary N) is 3. The Kier molecular flexibility index (Phi) is 6.67. The van der Waals surface area contributed by atoms with Gasteiger partial charge in [-0.15, -0.1) is 0 Å². The minimum absolute atomic E-state index is 0.200. The van der Waals surface area contributed by atoms with Gasteiger partial charge in [0.05, 0.1) is 6.54 Å². The number of esters is 1. The number of amides is 2. The van der Waals surface area contributed by atoms with Gasteiger partial charge in [0.2, 0.25) is 5.91 Å². The summed E-state index contributed by atoms with van der Waals surface area (Å²) in [4.78, 5) is 49.1. The lowest BCUT2D eigenvalue weighted by molar-refractivity contribution is -0.126. The maximum Gasteiger partial charge on any atom is 0.344 e. The van der Waals surface area contributed by atoms with Crippen LogP contribution in [0, 0.1) is 0 Å². The lowest BCUT2D eigenvalue weighted by Crippen LogP contribution is -2.36. The Balaban J connectivity index is 1.78. The molecular formula is C18H19N3O5. The van der Waals surface area contributed by atoms with E-state index in [2.05, 4.69) is 15.6 Å². The van der Waals surface area contributed by atoms with Gasteiger partial charge in [0.15, 0.2) is 6.61 Å². The molecule has 8 heteroatoms. The van der Waals surface area contributed by atoms with E-state index in [1.165, 1.54) is 18.3 Å². The average Bonchev–Trinajstić information content (AvgIpc) is 2.65. The maximum atomic E-state index is 11.9. The summed E-state index contributed by atoms with van der Waals surface area (Å²) in [6.07, 6.45) is 2.14. The Morgan fingerprint density at radius 3 is 2.58 bits per heavy atom. The molecule has 1 heterocycles. The smallest absolute Gasteiger partial charge is 0.344 e. The molecular weight excluding hydrogens is 338 g/mol. The summed E-state index contributed by atoms with van der Waals surface area (Å²) in [6.45, 7) is 1.12. The first-order valence-electron chi connectivity index (χ1n) is 8.00. The molecule has 0 aliphatic carbocycles. The first-order chi connectivity index (χ1) is 12.5. The summed E-state index contributed by atoms with van der Waals surface area (Å²) in [6, 6.07) is 10.1. The van der Waals surface area contributed by atoms with Gasteiger partial charge in [0.25, 0.3) is 11.5 Å². The van der Waals surface area contributed by atoms with Crippen molar-refractivity contribution in [1.82, 2.24) is 10.3 Å². The quantitative estimate of drug-likeness (QED) is 0.635. The second-order valence-corrected chi connectivity index (χ2v) is 5.32. The highest BCUT2D eigenvalue weighted by Gasteiger charge is 2.14. The zero-order valence-electron chi connectivity index (χ0n) is 14.2. The summed E-state index contributed by atoms with van der Waals surface area (Å²) in [5.41, 5.74) is 0.860. The number of benzene rings is 1. The van der Waals surface area contributed by atoms with Crippen molar-refractivity contribution in [1.29, 1.82) is 0 Å². The number of carbonyl (C=O) groups is 3. The standard InChI is InChI=1S/C18H19N3O5/c1-2-12-6-3-4-8-14(12)21-15(22)10-20-16(23)11-26-18(25)13-7-5-9-19-17(13)24/h3-9H,2,10-11H2,1H3,(H,19,24)(H,20,23)(H,21,22). The second-order valence-electron chi connectivity index (χ2n) is 5.32. The van der Waals surface area contributed by atoms with E-state index >= 15 is 0 Å². The molecule has 2 aromatic rings. The van der Waals surface area contributed by atoms with Gasteiger partial charge in [-0.3, -0.25) is 14.4 Å². The van der Waals surface area contributed by atoms with Gasteiger partial charge in [-0.05, 0) is 30.2 Å². The van der Waals surface area contributed by atoms with E-state index in [0.29, 0.717) is 5.69 Å². The third-order valence-corrected chi connectivity index (χ3v) is 3.49. The molecule has 0 saturated carbocycles. The predicted octanol–water partition coefficient (Wildman–Crippen LogP) is 0.849. The Morgan fingerprint density at radius 1 is 1.08 bits per heavy atom. The van der Waals surface area contributed by atoms with Crippen molar-refractivity contribution in [2.45, 2.75) is 13.3 Å². The van der Waals surface area contributed by atoms with Gasteiger partial charge in [-0.1, -0.05) is 25.1 Å². The van der Waals surface area contributed by atoms with Crippen molar-refractivity contribution >= 4 is 23.5 Å². The number of carbonyl (C=O) groups excluding carboxylic acids is 3. The minimum atomic E-state index is -0.914. The molecule has 0 aliphatic heterocycles. The fourth-order valence-electron chi connectivity index (χ4n) is 2.17. The molecule has 0 bridgehead atoms. The summed E-state index contributed by atoms with van der Waals surface area (Å²) in [5, 5.41) is 5.06. The van der Waals surface area contributed by atoms with Gasteiger partial charge in [-0.2, -0.15) is 0 Å². The van der Waals surface area contributed by atoms with E-state index in [1.54, 1.807) is 12.1 Å². The van der Waals surface area contributed by atoms with Crippen molar-refractivity contribution in [2.24, 2.45) is 0 Å². The molecule has 0 saturated heterocycles. The molecule has 0 spiro atoms. The zero-order chi connectivity index (χ0) is 18.9. The number of hydrogen-bond donors (Lipinski definition) is 3. The Morgan fingerprint density at radius 2 is 1.85 bits per heavy atom. The van der Waals surface area contributed by atoms with Gasteiger partial charge < -0.3 is 20.4 Å². The third kappa shape index (κ3) is 5.30. The maximum absolute atomic E-state index is 11.9. The van der Waals surface area contributed by atoms with Crippen molar-refractivity contribution in [3.05, 3.63) is 64.1 Å². The van der Waals surface area contributed by atoms with Crippen LogP contribution in [0.25, 0.3) is 0 Å². The van der Waals surface area contributed by atoms with Gasteiger partial charge >= 0.3 is 5.97 Å². The predicted molar refractivity (Wildman–Crippen MR) is 94.8 cm³/mol. The number of hydrogen-bond acceptors (Lipinski definition) is 5. The van der Waals surface area contributed by atoms with Crippen LogP contribution < -0.4 is 16.2 Å². The molecule has 3 N–H and O–H groups in total. The average molecular weight is 357 g/mol. The molecule has 0 atom stereocenters. The Hall–Kier alpha value is -3.42. The highest BCUT2D eigenvalue weighted by atomic mass is 16.5. The Labute approximate surface area is 149 Å². The van der Waals surface area contributed by atoms with Crippen LogP contribution in [0.3, 0.4) is 0 Å². The summed E-state index contributed by atoms with van der Waals surface area (Å²) in [5.74, 6) is -1.96. The monoisotopic (exact) mass is 357 g/mol. The zero-order valence-corrected chi connectivity index (χ0v) is 14.2.